The lowest BCUT2D eigenvalue weighted by Gasteiger charge is -2.18. The molecule has 0 amide bonds. The molecule has 0 saturated carbocycles. The van der Waals surface area contributed by atoms with Gasteiger partial charge >= 0.3 is 5.97 Å². The predicted molar refractivity (Wildman–Crippen MR) is 112 cm³/mol. The molecule has 0 unspecified atom stereocenters. The Balaban J connectivity index is 1.97. The van der Waals surface area contributed by atoms with E-state index in [1.165, 1.54) is 0 Å². The molecule has 3 rings (SSSR count). The van der Waals surface area contributed by atoms with E-state index in [2.05, 4.69) is 0 Å². The zero-order chi connectivity index (χ0) is 19.9. The minimum atomic E-state index is -0.798. The van der Waals surface area contributed by atoms with Gasteiger partial charge in [0.25, 0.3) is 0 Å². The topological polar surface area (TPSA) is 46.5 Å². The van der Waals surface area contributed by atoms with Crippen LogP contribution in [0.4, 0.5) is 0 Å². The minimum Gasteiger partial charge on any atom is -0.489 e. The Morgan fingerprint density at radius 2 is 1.54 bits per heavy atom. The molecule has 28 heavy (non-hydrogen) atoms. The van der Waals surface area contributed by atoms with E-state index in [0.29, 0.717) is 18.8 Å². The fraction of sp³-hybridized carbons (Fsp3) is 0.240. The number of ether oxygens (including phenoxy) is 1. The lowest BCUT2D eigenvalue weighted by molar-refractivity contribution is -0.139. The maximum atomic E-state index is 11.9. The van der Waals surface area contributed by atoms with Gasteiger partial charge in [-0.1, -0.05) is 80.6 Å². The van der Waals surface area contributed by atoms with Crippen molar-refractivity contribution in [3.05, 3.63) is 90.0 Å². The number of carboxylic acid groups (broad SMARTS) is 1. The van der Waals surface area contributed by atoms with Gasteiger partial charge in [-0.3, -0.25) is 4.79 Å². The largest absolute Gasteiger partial charge is 0.489 e. The fourth-order valence-corrected chi connectivity index (χ4v) is 3.30. The number of carbonyl (C=O) groups is 1. The summed E-state index contributed by atoms with van der Waals surface area (Å²) in [5.74, 6) is -0.374. The van der Waals surface area contributed by atoms with Crippen LogP contribution in [0.3, 0.4) is 0 Å². The van der Waals surface area contributed by atoms with Gasteiger partial charge in [0.1, 0.15) is 12.4 Å². The summed E-state index contributed by atoms with van der Waals surface area (Å²) in [7, 11) is 0. The molecule has 3 aromatic rings. The van der Waals surface area contributed by atoms with Crippen LogP contribution >= 0.6 is 0 Å². The summed E-state index contributed by atoms with van der Waals surface area (Å²) in [6.07, 6.45) is 0.589. The summed E-state index contributed by atoms with van der Waals surface area (Å²) in [4.78, 5) is 11.9. The molecular weight excluding hydrogens is 348 g/mol. The third-order valence-corrected chi connectivity index (χ3v) is 4.69. The van der Waals surface area contributed by atoms with Crippen molar-refractivity contribution >= 4 is 5.97 Å². The molecule has 3 heteroatoms. The number of benzene rings is 3. The summed E-state index contributed by atoms with van der Waals surface area (Å²) in [5, 5.41) is 9.80. The molecular formula is C25H26O3. The second-order valence-electron chi connectivity index (χ2n) is 7.45. The summed E-state index contributed by atoms with van der Waals surface area (Å²) >= 11 is 0. The predicted octanol–water partition coefficient (Wildman–Crippen LogP) is 6.15. The van der Waals surface area contributed by atoms with Gasteiger partial charge in [0, 0.05) is 0 Å². The van der Waals surface area contributed by atoms with Gasteiger partial charge in [-0.05, 0) is 46.7 Å². The van der Waals surface area contributed by atoms with Crippen molar-refractivity contribution in [3.63, 3.8) is 0 Å². The second-order valence-corrected chi connectivity index (χ2v) is 7.45. The summed E-state index contributed by atoms with van der Waals surface area (Å²) in [6.45, 7) is 4.54. The quantitative estimate of drug-likeness (QED) is 0.514. The molecule has 1 atom stereocenters. The number of rotatable bonds is 8. The zero-order valence-corrected chi connectivity index (χ0v) is 16.3. The number of aliphatic carboxylic acids is 1. The number of hydrogen-bond acceptors (Lipinski definition) is 2. The van der Waals surface area contributed by atoms with Gasteiger partial charge in [-0.2, -0.15) is 0 Å². The van der Waals surface area contributed by atoms with Gasteiger partial charge < -0.3 is 9.84 Å². The Hall–Kier alpha value is -3.07. The molecule has 0 aromatic heterocycles. The summed E-state index contributed by atoms with van der Waals surface area (Å²) in [5.41, 5.74) is 3.87. The van der Waals surface area contributed by atoms with Crippen molar-refractivity contribution in [1.29, 1.82) is 0 Å². The van der Waals surface area contributed by atoms with Crippen LogP contribution in [0.5, 0.6) is 5.75 Å². The van der Waals surface area contributed by atoms with E-state index in [9.17, 15) is 9.90 Å². The molecule has 0 radical (unpaired) electrons. The Morgan fingerprint density at radius 3 is 2.14 bits per heavy atom. The molecule has 0 aliphatic heterocycles. The molecule has 0 fully saturated rings. The molecule has 0 bridgehead atoms. The second kappa shape index (κ2) is 9.23. The Bertz CT molecular complexity index is 902. The first-order valence-corrected chi connectivity index (χ1v) is 9.63. The normalized spacial score (nSPS) is 12.0. The van der Waals surface area contributed by atoms with E-state index in [-0.39, 0.29) is 5.92 Å². The molecule has 0 aliphatic carbocycles. The first-order valence-electron chi connectivity index (χ1n) is 9.63. The lowest BCUT2D eigenvalue weighted by Crippen LogP contribution is -2.14. The van der Waals surface area contributed by atoms with Gasteiger partial charge in [0.15, 0.2) is 0 Å². The van der Waals surface area contributed by atoms with E-state index >= 15 is 0 Å². The average molecular weight is 374 g/mol. The van der Waals surface area contributed by atoms with Crippen LogP contribution in [-0.4, -0.2) is 11.1 Å². The van der Waals surface area contributed by atoms with Crippen molar-refractivity contribution in [2.24, 2.45) is 5.92 Å². The van der Waals surface area contributed by atoms with Crippen LogP contribution in [0.25, 0.3) is 11.1 Å². The minimum absolute atomic E-state index is 0.287. The van der Waals surface area contributed by atoms with E-state index in [1.54, 1.807) is 0 Å². The molecule has 1 N–H and O–H groups in total. The van der Waals surface area contributed by atoms with Crippen LogP contribution in [0.1, 0.15) is 37.3 Å². The van der Waals surface area contributed by atoms with Crippen LogP contribution in [0.2, 0.25) is 0 Å². The smallest absolute Gasteiger partial charge is 0.310 e. The molecule has 0 aliphatic rings. The highest BCUT2D eigenvalue weighted by Crippen LogP contribution is 2.33. The van der Waals surface area contributed by atoms with Crippen molar-refractivity contribution in [3.8, 4) is 16.9 Å². The molecule has 144 valence electrons. The van der Waals surface area contributed by atoms with Gasteiger partial charge in [0.05, 0.1) is 5.92 Å². The first-order chi connectivity index (χ1) is 13.5. The average Bonchev–Trinajstić information content (AvgIpc) is 2.71. The van der Waals surface area contributed by atoms with Gasteiger partial charge in [-0.25, -0.2) is 0 Å². The summed E-state index contributed by atoms with van der Waals surface area (Å²) in [6, 6.07) is 25.8. The van der Waals surface area contributed by atoms with E-state index in [1.807, 2.05) is 92.7 Å². The molecule has 3 nitrogen and oxygen atoms in total. The SMILES string of the molecule is CC(C)C[C@H](C(=O)O)c1cc(OCc2ccccc2)cc(-c2ccccc2)c1. The van der Waals surface area contributed by atoms with Gasteiger partial charge in [0.2, 0.25) is 0 Å². The fourth-order valence-electron chi connectivity index (χ4n) is 3.30. The number of hydrogen-bond donors (Lipinski definition) is 1. The highest BCUT2D eigenvalue weighted by molar-refractivity contribution is 5.78. The van der Waals surface area contributed by atoms with E-state index < -0.39 is 11.9 Å². The highest BCUT2D eigenvalue weighted by atomic mass is 16.5. The van der Waals surface area contributed by atoms with Crippen LogP contribution in [0.15, 0.2) is 78.9 Å². The van der Waals surface area contributed by atoms with Crippen LogP contribution in [-0.2, 0) is 11.4 Å². The molecule has 3 aromatic carbocycles. The van der Waals surface area contributed by atoms with E-state index in [0.717, 1.165) is 22.3 Å². The zero-order valence-electron chi connectivity index (χ0n) is 16.3. The third-order valence-electron chi connectivity index (χ3n) is 4.69. The van der Waals surface area contributed by atoms with Gasteiger partial charge in [-0.15, -0.1) is 0 Å². The maximum Gasteiger partial charge on any atom is 0.310 e. The Morgan fingerprint density at radius 1 is 0.893 bits per heavy atom. The lowest BCUT2D eigenvalue weighted by atomic mass is 9.88. The van der Waals surface area contributed by atoms with Crippen molar-refractivity contribution < 1.29 is 14.6 Å². The third kappa shape index (κ3) is 5.23. The summed E-state index contributed by atoms with van der Waals surface area (Å²) < 4.78 is 6.04. The number of carboxylic acids is 1. The van der Waals surface area contributed by atoms with Crippen molar-refractivity contribution in [2.75, 3.05) is 0 Å². The van der Waals surface area contributed by atoms with E-state index in [4.69, 9.17) is 4.74 Å². The first kappa shape index (κ1) is 19.7. The van der Waals surface area contributed by atoms with Crippen LogP contribution < -0.4 is 4.74 Å². The van der Waals surface area contributed by atoms with Crippen molar-refractivity contribution in [2.45, 2.75) is 32.8 Å². The Labute approximate surface area is 166 Å². The molecule has 0 saturated heterocycles. The molecule has 0 spiro atoms. The Kier molecular flexibility index (Phi) is 6.49. The van der Waals surface area contributed by atoms with Crippen LogP contribution in [0, 0.1) is 5.92 Å². The maximum absolute atomic E-state index is 11.9. The molecule has 0 heterocycles. The van der Waals surface area contributed by atoms with Crippen molar-refractivity contribution in [1.82, 2.24) is 0 Å². The standard InChI is InChI=1S/C25H26O3/c1-18(2)13-24(25(26)27)22-14-21(20-11-7-4-8-12-20)15-23(16-22)28-17-19-9-5-3-6-10-19/h3-12,14-16,18,24H,13,17H2,1-2H3,(H,26,27)/t24-/m0/s1. The highest BCUT2D eigenvalue weighted by Gasteiger charge is 2.22. The monoisotopic (exact) mass is 374 g/mol.